The standard InChI is InChI=1S/C15H20N2OS2/c1-2-16-15(9-18,11-7-8-11)10-19-14-17-12-5-3-4-6-13(12)20-14/h3-6,11,16,18H,2,7-10H2,1H3. The predicted octanol–water partition coefficient (Wildman–Crippen LogP) is 3.14. The number of likely N-dealkylation sites (N-methyl/N-ethyl adjacent to an activating group) is 1. The number of fused-ring (bicyclic) bond motifs is 1. The largest absolute Gasteiger partial charge is 0.394 e. The third kappa shape index (κ3) is 2.86. The molecular formula is C15H20N2OS2. The Morgan fingerprint density at radius 1 is 1.45 bits per heavy atom. The second kappa shape index (κ2) is 6.02. The van der Waals surface area contributed by atoms with Crippen molar-refractivity contribution in [2.45, 2.75) is 29.6 Å². The highest BCUT2D eigenvalue weighted by atomic mass is 32.2. The molecule has 3 rings (SSSR count). The Labute approximate surface area is 127 Å². The van der Waals surface area contributed by atoms with Gasteiger partial charge in [0.05, 0.1) is 22.4 Å². The van der Waals surface area contributed by atoms with Gasteiger partial charge in [0.15, 0.2) is 4.34 Å². The van der Waals surface area contributed by atoms with E-state index < -0.39 is 0 Å². The van der Waals surface area contributed by atoms with Gasteiger partial charge in [0, 0.05) is 5.75 Å². The number of benzene rings is 1. The Hall–Kier alpha value is -0.620. The van der Waals surface area contributed by atoms with Crippen LogP contribution in [0.2, 0.25) is 0 Å². The van der Waals surface area contributed by atoms with Crippen LogP contribution >= 0.6 is 23.1 Å². The molecule has 3 nitrogen and oxygen atoms in total. The van der Waals surface area contributed by atoms with E-state index in [1.54, 1.807) is 23.1 Å². The number of hydrogen-bond acceptors (Lipinski definition) is 5. The number of aromatic nitrogens is 1. The summed E-state index contributed by atoms with van der Waals surface area (Å²) in [6.45, 7) is 3.22. The molecule has 1 atom stereocenters. The average Bonchev–Trinajstić information content (AvgIpc) is 3.23. The quantitative estimate of drug-likeness (QED) is 0.771. The van der Waals surface area contributed by atoms with E-state index in [2.05, 4.69) is 35.4 Å². The molecule has 0 saturated heterocycles. The number of rotatable bonds is 7. The highest BCUT2D eigenvalue weighted by molar-refractivity contribution is 8.01. The molecule has 2 aromatic rings. The fourth-order valence-corrected chi connectivity index (χ4v) is 4.99. The predicted molar refractivity (Wildman–Crippen MR) is 86.6 cm³/mol. The summed E-state index contributed by atoms with van der Waals surface area (Å²) < 4.78 is 2.34. The van der Waals surface area contributed by atoms with Gasteiger partial charge in [-0.3, -0.25) is 0 Å². The first-order valence-electron chi connectivity index (χ1n) is 7.11. The topological polar surface area (TPSA) is 45.1 Å². The fourth-order valence-electron chi connectivity index (χ4n) is 2.64. The summed E-state index contributed by atoms with van der Waals surface area (Å²) in [5.74, 6) is 1.51. The van der Waals surface area contributed by atoms with E-state index in [9.17, 15) is 5.11 Å². The van der Waals surface area contributed by atoms with Gasteiger partial charge in [-0.1, -0.05) is 30.8 Å². The minimum absolute atomic E-state index is 0.128. The summed E-state index contributed by atoms with van der Waals surface area (Å²) in [6.07, 6.45) is 2.46. The lowest BCUT2D eigenvalue weighted by Crippen LogP contribution is -2.52. The highest BCUT2D eigenvalue weighted by Crippen LogP contribution is 2.43. The van der Waals surface area contributed by atoms with Gasteiger partial charge in [-0.15, -0.1) is 11.3 Å². The average molecular weight is 308 g/mol. The number of nitrogens with one attached hydrogen (secondary N) is 1. The normalized spacial score (nSPS) is 18.3. The van der Waals surface area contributed by atoms with Gasteiger partial charge in [0.25, 0.3) is 0 Å². The zero-order valence-corrected chi connectivity index (χ0v) is 13.3. The van der Waals surface area contributed by atoms with Crippen LogP contribution in [0, 0.1) is 5.92 Å². The molecule has 1 aromatic heterocycles. The second-order valence-electron chi connectivity index (χ2n) is 5.36. The third-order valence-electron chi connectivity index (χ3n) is 3.90. The van der Waals surface area contributed by atoms with Crippen LogP contribution in [0.5, 0.6) is 0 Å². The molecule has 5 heteroatoms. The van der Waals surface area contributed by atoms with Gasteiger partial charge in [0.1, 0.15) is 0 Å². The Morgan fingerprint density at radius 2 is 2.25 bits per heavy atom. The second-order valence-corrected chi connectivity index (χ2v) is 7.61. The fraction of sp³-hybridized carbons (Fsp3) is 0.533. The van der Waals surface area contributed by atoms with Crippen molar-refractivity contribution in [3.8, 4) is 0 Å². The van der Waals surface area contributed by atoms with Crippen LogP contribution in [0.3, 0.4) is 0 Å². The van der Waals surface area contributed by atoms with Crippen molar-refractivity contribution in [2.24, 2.45) is 5.92 Å². The number of thiazole rings is 1. The minimum Gasteiger partial charge on any atom is -0.394 e. The lowest BCUT2D eigenvalue weighted by atomic mass is 9.97. The van der Waals surface area contributed by atoms with E-state index in [-0.39, 0.29) is 12.1 Å². The molecule has 20 heavy (non-hydrogen) atoms. The van der Waals surface area contributed by atoms with Crippen molar-refractivity contribution in [2.75, 3.05) is 18.9 Å². The van der Waals surface area contributed by atoms with Crippen molar-refractivity contribution in [3.63, 3.8) is 0 Å². The molecule has 0 bridgehead atoms. The first-order chi connectivity index (χ1) is 9.77. The van der Waals surface area contributed by atoms with E-state index in [0.717, 1.165) is 22.2 Å². The van der Waals surface area contributed by atoms with Gasteiger partial charge in [-0.2, -0.15) is 0 Å². The zero-order valence-electron chi connectivity index (χ0n) is 11.6. The Kier molecular flexibility index (Phi) is 4.31. The SMILES string of the molecule is CCNC(CO)(CSc1nc2ccccc2s1)C1CC1. The first kappa shape index (κ1) is 14.3. The van der Waals surface area contributed by atoms with Crippen LogP contribution in [0.25, 0.3) is 10.2 Å². The highest BCUT2D eigenvalue weighted by Gasteiger charge is 2.44. The van der Waals surface area contributed by atoms with Crippen molar-refractivity contribution in [1.82, 2.24) is 10.3 Å². The lowest BCUT2D eigenvalue weighted by molar-refractivity contribution is 0.161. The Bertz CT molecular complexity index is 549. The van der Waals surface area contributed by atoms with E-state index in [1.807, 2.05) is 6.07 Å². The first-order valence-corrected chi connectivity index (χ1v) is 8.92. The summed E-state index contributed by atoms with van der Waals surface area (Å²) >= 11 is 3.51. The smallest absolute Gasteiger partial charge is 0.151 e. The maximum absolute atomic E-state index is 9.84. The molecule has 0 radical (unpaired) electrons. The summed E-state index contributed by atoms with van der Waals surface area (Å²) in [5, 5.41) is 13.4. The number of thioether (sulfide) groups is 1. The number of hydrogen-bond donors (Lipinski definition) is 2. The van der Waals surface area contributed by atoms with Gasteiger partial charge in [-0.25, -0.2) is 4.98 Å². The van der Waals surface area contributed by atoms with Gasteiger partial charge in [0.2, 0.25) is 0 Å². The minimum atomic E-state index is -0.128. The van der Waals surface area contributed by atoms with Crippen LogP contribution < -0.4 is 5.32 Å². The van der Waals surface area contributed by atoms with Crippen molar-refractivity contribution < 1.29 is 5.11 Å². The molecule has 1 aliphatic rings. The molecule has 1 unspecified atom stereocenters. The number of nitrogens with zero attached hydrogens (tertiary/aromatic N) is 1. The van der Waals surface area contributed by atoms with E-state index in [0.29, 0.717) is 5.92 Å². The van der Waals surface area contributed by atoms with Gasteiger partial charge < -0.3 is 10.4 Å². The molecule has 0 aliphatic heterocycles. The number of aliphatic hydroxyl groups is 1. The van der Waals surface area contributed by atoms with Gasteiger partial charge in [-0.05, 0) is 37.4 Å². The van der Waals surface area contributed by atoms with Gasteiger partial charge >= 0.3 is 0 Å². The molecule has 2 N–H and O–H groups in total. The third-order valence-corrected chi connectivity index (χ3v) is 6.33. The van der Waals surface area contributed by atoms with E-state index in [4.69, 9.17) is 0 Å². The molecule has 0 spiro atoms. The molecule has 1 aromatic carbocycles. The van der Waals surface area contributed by atoms with Crippen LogP contribution in [0.1, 0.15) is 19.8 Å². The summed E-state index contributed by atoms with van der Waals surface area (Å²) in [6, 6.07) is 8.25. The zero-order chi connectivity index (χ0) is 14.0. The lowest BCUT2D eigenvalue weighted by Gasteiger charge is -2.32. The van der Waals surface area contributed by atoms with Crippen LogP contribution in [-0.4, -0.2) is 34.5 Å². The molecular weight excluding hydrogens is 288 g/mol. The maximum Gasteiger partial charge on any atom is 0.151 e. The monoisotopic (exact) mass is 308 g/mol. The molecule has 1 fully saturated rings. The summed E-state index contributed by atoms with van der Waals surface area (Å²) in [5.41, 5.74) is 0.946. The molecule has 1 aliphatic carbocycles. The van der Waals surface area contributed by atoms with Crippen LogP contribution in [0.15, 0.2) is 28.6 Å². The summed E-state index contributed by atoms with van der Waals surface area (Å²) in [4.78, 5) is 4.66. The Balaban J connectivity index is 1.73. The molecule has 1 heterocycles. The molecule has 0 amide bonds. The van der Waals surface area contributed by atoms with E-state index >= 15 is 0 Å². The maximum atomic E-state index is 9.84. The van der Waals surface area contributed by atoms with Crippen molar-refractivity contribution in [1.29, 1.82) is 0 Å². The van der Waals surface area contributed by atoms with Crippen LogP contribution in [0.4, 0.5) is 0 Å². The van der Waals surface area contributed by atoms with Crippen LogP contribution in [-0.2, 0) is 0 Å². The Morgan fingerprint density at radius 3 is 2.90 bits per heavy atom. The van der Waals surface area contributed by atoms with Crippen molar-refractivity contribution >= 4 is 33.3 Å². The van der Waals surface area contributed by atoms with Crippen molar-refractivity contribution in [3.05, 3.63) is 24.3 Å². The molecule has 108 valence electrons. The summed E-state index contributed by atoms with van der Waals surface area (Å²) in [7, 11) is 0. The molecule has 1 saturated carbocycles. The number of para-hydroxylation sites is 1. The number of aliphatic hydroxyl groups excluding tert-OH is 1. The van der Waals surface area contributed by atoms with E-state index in [1.165, 1.54) is 17.5 Å².